The molecular weight excluding hydrogens is 283 g/mol. The van der Waals surface area contributed by atoms with E-state index in [9.17, 15) is 0 Å². The van der Waals surface area contributed by atoms with E-state index >= 15 is 0 Å². The first-order valence-corrected chi connectivity index (χ1v) is 6.85. The van der Waals surface area contributed by atoms with Crippen LogP contribution in [0.25, 0.3) is 0 Å². The molecule has 2 rings (SSSR count). The smallest absolute Gasteiger partial charge is 0.488 e. The van der Waals surface area contributed by atoms with Crippen molar-refractivity contribution in [3.05, 3.63) is 47.5 Å². The molecule has 0 saturated carbocycles. The van der Waals surface area contributed by atoms with Crippen molar-refractivity contribution in [3.8, 4) is 17.2 Å². The molecule has 0 aliphatic heterocycles. The maximum Gasteiger partial charge on any atom is 0.488 e. The lowest BCUT2D eigenvalue weighted by Gasteiger charge is -2.12. The number of hydrogen-bond donors (Lipinski definition) is 2. The van der Waals surface area contributed by atoms with Crippen molar-refractivity contribution in [1.29, 1.82) is 0 Å². The predicted octanol–water partition coefficient (Wildman–Crippen LogP) is 1.76. The van der Waals surface area contributed by atoms with E-state index in [1.165, 1.54) is 0 Å². The molecule has 0 aliphatic rings. The Morgan fingerprint density at radius 1 is 1.00 bits per heavy atom. The van der Waals surface area contributed by atoms with Gasteiger partial charge in [0.05, 0.1) is 14.2 Å². The van der Waals surface area contributed by atoms with Gasteiger partial charge in [-0.25, -0.2) is 0 Å². The zero-order valence-electron chi connectivity index (χ0n) is 12.9. The molecule has 0 aliphatic carbocycles. The predicted molar refractivity (Wildman–Crippen MR) is 89.1 cm³/mol. The van der Waals surface area contributed by atoms with Crippen molar-refractivity contribution < 1.29 is 27.1 Å². The summed E-state index contributed by atoms with van der Waals surface area (Å²) in [5.74, 6) is 2.09. The third-order valence-corrected chi connectivity index (χ3v) is 3.30. The van der Waals surface area contributed by atoms with Crippen LogP contribution in [0.4, 0.5) is 0 Å². The molecule has 120 valence electrons. The molecule has 2 N–H and O–H groups in total. The van der Waals surface area contributed by atoms with Crippen LogP contribution >= 0.6 is 0 Å². The number of ether oxygens (including phenoxy) is 3. The van der Waals surface area contributed by atoms with Gasteiger partial charge >= 0.3 is 7.12 Å². The van der Waals surface area contributed by atoms with E-state index in [2.05, 4.69) is 0 Å². The Balaban J connectivity index is 0.00000264. The fourth-order valence-corrected chi connectivity index (χ4v) is 2.11. The highest BCUT2D eigenvalue weighted by molar-refractivity contribution is 6.58. The van der Waals surface area contributed by atoms with Crippen LogP contribution in [-0.2, 0) is 6.61 Å². The van der Waals surface area contributed by atoms with E-state index in [-0.39, 0.29) is 2.85 Å². The first kappa shape index (κ1) is 16.2. The molecule has 0 unspecified atom stereocenters. The molecule has 0 amide bonds. The second kappa shape index (κ2) is 7.20. The third kappa shape index (κ3) is 3.93. The van der Waals surface area contributed by atoms with Gasteiger partial charge in [-0.15, -0.1) is 0 Å². The zero-order valence-corrected chi connectivity index (χ0v) is 12.9. The minimum atomic E-state index is -1.48. The minimum absolute atomic E-state index is 0. The molecule has 6 heteroatoms. The lowest BCUT2D eigenvalue weighted by molar-refractivity contribution is 0.302. The average Bonchev–Trinajstić information content (AvgIpc) is 2.53. The Labute approximate surface area is 133 Å². The molecule has 0 bridgehead atoms. The van der Waals surface area contributed by atoms with Gasteiger partial charge < -0.3 is 24.3 Å². The van der Waals surface area contributed by atoms with E-state index in [4.69, 9.17) is 24.3 Å². The molecule has 0 heterocycles. The number of rotatable bonds is 6. The molecule has 5 nitrogen and oxygen atoms in total. The summed E-state index contributed by atoms with van der Waals surface area (Å²) >= 11 is 0. The normalized spacial score (nSPS) is 10.2. The lowest BCUT2D eigenvalue weighted by atomic mass is 9.79. The van der Waals surface area contributed by atoms with Gasteiger partial charge in [-0.2, -0.15) is 0 Å². The van der Waals surface area contributed by atoms with E-state index in [0.717, 1.165) is 11.1 Å². The topological polar surface area (TPSA) is 68.2 Å². The van der Waals surface area contributed by atoms with E-state index in [1.54, 1.807) is 38.5 Å². The maximum absolute atomic E-state index is 9.15. The summed E-state index contributed by atoms with van der Waals surface area (Å²) in [6.07, 6.45) is 0. The van der Waals surface area contributed by atoms with E-state index in [0.29, 0.717) is 29.3 Å². The highest BCUT2D eigenvalue weighted by Crippen LogP contribution is 2.24. The fraction of sp³-hybridized carbons (Fsp3) is 0.250. The van der Waals surface area contributed by atoms with Crippen molar-refractivity contribution in [2.75, 3.05) is 14.2 Å². The highest BCUT2D eigenvalue weighted by atomic mass is 16.5. The van der Waals surface area contributed by atoms with Gasteiger partial charge in [-0.1, -0.05) is 12.1 Å². The number of benzene rings is 2. The summed E-state index contributed by atoms with van der Waals surface area (Å²) in [7, 11) is 1.72. The summed E-state index contributed by atoms with van der Waals surface area (Å²) in [6, 6.07) is 10.6. The van der Waals surface area contributed by atoms with Crippen LogP contribution < -0.4 is 19.7 Å². The molecule has 0 radical (unpaired) electrons. The highest BCUT2D eigenvalue weighted by Gasteiger charge is 2.12. The van der Waals surface area contributed by atoms with Crippen LogP contribution in [0.2, 0.25) is 0 Å². The van der Waals surface area contributed by atoms with Gasteiger partial charge in [-0.05, 0) is 41.7 Å². The Bertz CT molecular complexity index is 630. The maximum atomic E-state index is 9.15. The SMILES string of the molecule is COc1cc(COc2ccc(B(O)O)cc2C)cc(OC)c1.[HH].[HH]. The van der Waals surface area contributed by atoms with Gasteiger partial charge in [0.15, 0.2) is 0 Å². The quantitative estimate of drug-likeness (QED) is 0.796. The van der Waals surface area contributed by atoms with Gasteiger partial charge in [0, 0.05) is 8.92 Å². The lowest BCUT2D eigenvalue weighted by Crippen LogP contribution is -2.29. The van der Waals surface area contributed by atoms with Crippen LogP contribution in [0.3, 0.4) is 0 Å². The van der Waals surface area contributed by atoms with E-state index in [1.807, 2.05) is 19.1 Å². The molecule has 0 atom stereocenters. The summed E-state index contributed by atoms with van der Waals surface area (Å²) in [6.45, 7) is 2.21. The monoisotopic (exact) mass is 306 g/mol. The van der Waals surface area contributed by atoms with Gasteiger partial charge in [0.1, 0.15) is 23.9 Å². The molecular formula is C16H23BO5. The number of aryl methyl sites for hydroxylation is 1. The van der Waals surface area contributed by atoms with Crippen LogP contribution in [-0.4, -0.2) is 31.4 Å². The van der Waals surface area contributed by atoms with Crippen molar-refractivity contribution in [1.82, 2.24) is 0 Å². The van der Waals surface area contributed by atoms with Crippen LogP contribution in [0.15, 0.2) is 36.4 Å². The summed E-state index contributed by atoms with van der Waals surface area (Å²) in [5.41, 5.74) is 2.19. The Hall–Kier alpha value is -2.18. The second-order valence-corrected chi connectivity index (χ2v) is 4.91. The second-order valence-electron chi connectivity index (χ2n) is 4.91. The van der Waals surface area contributed by atoms with Gasteiger partial charge in [0.25, 0.3) is 0 Å². The molecule has 2 aromatic carbocycles. The minimum Gasteiger partial charge on any atom is -0.497 e. The van der Waals surface area contributed by atoms with Crippen LogP contribution in [0.5, 0.6) is 17.2 Å². The van der Waals surface area contributed by atoms with Crippen molar-refractivity contribution >= 4 is 12.6 Å². The Morgan fingerprint density at radius 2 is 1.64 bits per heavy atom. The molecule has 0 spiro atoms. The summed E-state index contributed by atoms with van der Waals surface area (Å²) < 4.78 is 16.2. The largest absolute Gasteiger partial charge is 0.497 e. The average molecular weight is 306 g/mol. The molecule has 2 aromatic rings. The van der Waals surface area contributed by atoms with Crippen molar-refractivity contribution in [3.63, 3.8) is 0 Å². The first-order chi connectivity index (χ1) is 10.5. The summed E-state index contributed by atoms with van der Waals surface area (Å²) in [5, 5.41) is 18.3. The van der Waals surface area contributed by atoms with E-state index < -0.39 is 7.12 Å². The third-order valence-electron chi connectivity index (χ3n) is 3.30. The molecule has 0 aromatic heterocycles. The number of methoxy groups -OCH3 is 2. The van der Waals surface area contributed by atoms with Gasteiger partial charge in [-0.3, -0.25) is 0 Å². The Kier molecular flexibility index (Phi) is 5.30. The van der Waals surface area contributed by atoms with Crippen LogP contribution in [0.1, 0.15) is 14.0 Å². The molecule has 0 saturated heterocycles. The molecule has 0 fully saturated rings. The summed E-state index contributed by atoms with van der Waals surface area (Å²) in [4.78, 5) is 0. The van der Waals surface area contributed by atoms with Crippen LogP contribution in [0, 0.1) is 6.92 Å². The van der Waals surface area contributed by atoms with Gasteiger partial charge in [0.2, 0.25) is 0 Å². The van der Waals surface area contributed by atoms with Crippen molar-refractivity contribution in [2.45, 2.75) is 13.5 Å². The van der Waals surface area contributed by atoms with Crippen molar-refractivity contribution in [2.24, 2.45) is 0 Å². The Morgan fingerprint density at radius 3 is 2.14 bits per heavy atom. The fourth-order valence-electron chi connectivity index (χ4n) is 2.11. The number of hydrogen-bond acceptors (Lipinski definition) is 5. The standard InChI is InChI=1S/C16H19BO5.2H2/c1-11-6-13(17(18)19)4-5-16(11)22-10-12-7-14(20-2)9-15(8-12)21-3;;/h4-9,18-19H,10H2,1-3H3;2*1H. The zero-order chi connectivity index (χ0) is 16.1. The first-order valence-electron chi connectivity index (χ1n) is 6.85. The molecule has 22 heavy (non-hydrogen) atoms.